The molecule has 0 saturated carbocycles. The van der Waals surface area contributed by atoms with E-state index in [9.17, 15) is 0 Å². The highest BCUT2D eigenvalue weighted by Gasteiger charge is 2.17. The average molecular weight is 171 g/mol. The van der Waals surface area contributed by atoms with Crippen LogP contribution in [0.1, 0.15) is 0 Å². The summed E-state index contributed by atoms with van der Waals surface area (Å²) in [7, 11) is 0. The minimum atomic E-state index is 0.877. The van der Waals surface area contributed by atoms with Gasteiger partial charge < -0.3 is 4.84 Å². The van der Waals surface area contributed by atoms with Crippen molar-refractivity contribution < 1.29 is 4.84 Å². The Balaban J connectivity index is 2.42. The Bertz CT molecular complexity index is 228. The van der Waals surface area contributed by atoms with Crippen molar-refractivity contribution in [2.75, 3.05) is 0 Å². The maximum atomic E-state index is 5.17. The van der Waals surface area contributed by atoms with Gasteiger partial charge in [-0.2, -0.15) is 0 Å². The highest BCUT2D eigenvalue weighted by Crippen LogP contribution is 2.39. The van der Waals surface area contributed by atoms with Gasteiger partial charge in [-0.05, 0) is 28.8 Å². The van der Waals surface area contributed by atoms with E-state index in [0.29, 0.717) is 0 Å². The van der Waals surface area contributed by atoms with Gasteiger partial charge in [0.2, 0.25) is 0 Å². The number of thiol groups is 1. The third-order valence-corrected chi connectivity index (χ3v) is 2.29. The lowest BCUT2D eigenvalue weighted by Crippen LogP contribution is -1.99. The van der Waals surface area contributed by atoms with Gasteiger partial charge in [0.05, 0.1) is 4.90 Å². The maximum absolute atomic E-state index is 5.17. The van der Waals surface area contributed by atoms with Crippen LogP contribution >= 0.6 is 24.8 Å². The Hall–Kier alpha value is -0.320. The van der Waals surface area contributed by atoms with Crippen LogP contribution in [0.4, 0.5) is 0 Å². The number of hydrogen-bond donors (Lipinski definition) is 1. The number of benzene rings is 1. The zero-order valence-corrected chi connectivity index (χ0v) is 6.73. The quantitative estimate of drug-likeness (QED) is 0.474. The molecule has 1 aromatic carbocycles. The molecule has 1 aliphatic heterocycles. The fourth-order valence-electron chi connectivity index (χ4n) is 0.788. The molecular formula is C6H5NOS2. The molecule has 0 bridgehead atoms. The summed E-state index contributed by atoms with van der Waals surface area (Å²) >= 11 is 5.48. The number of fused-ring (bicyclic) bond motifs is 1. The summed E-state index contributed by atoms with van der Waals surface area (Å²) in [5.41, 5.74) is 0. The zero-order chi connectivity index (χ0) is 6.97. The highest BCUT2D eigenvalue weighted by molar-refractivity contribution is 8.05. The third-order valence-electron chi connectivity index (χ3n) is 1.20. The zero-order valence-electron chi connectivity index (χ0n) is 5.02. The van der Waals surface area contributed by atoms with Crippen LogP contribution in [0.15, 0.2) is 29.2 Å². The molecule has 0 spiro atoms. The summed E-state index contributed by atoms with van der Waals surface area (Å²) in [6, 6.07) is 7.82. The second-order valence-electron chi connectivity index (χ2n) is 1.87. The average Bonchev–Trinajstić information content (AvgIpc) is 2.27. The third kappa shape index (κ3) is 0.982. The smallest absolute Gasteiger partial charge is 0.164 e. The first kappa shape index (κ1) is 6.39. The number of para-hydroxylation sites is 1. The fraction of sp³-hybridized carbons (Fsp3) is 0. The van der Waals surface area contributed by atoms with E-state index in [2.05, 4.69) is 12.8 Å². The van der Waals surface area contributed by atoms with Crippen molar-refractivity contribution in [1.29, 1.82) is 0 Å². The Kier molecular flexibility index (Phi) is 1.52. The van der Waals surface area contributed by atoms with Crippen molar-refractivity contribution in [2.45, 2.75) is 4.90 Å². The fourth-order valence-corrected chi connectivity index (χ4v) is 1.76. The predicted molar refractivity (Wildman–Crippen MR) is 43.8 cm³/mol. The summed E-state index contributed by atoms with van der Waals surface area (Å²) < 4.78 is 1.44. The molecule has 4 heteroatoms. The Morgan fingerprint density at radius 1 is 1.40 bits per heavy atom. The Morgan fingerprint density at radius 3 is 3.00 bits per heavy atom. The molecule has 0 radical (unpaired) electrons. The van der Waals surface area contributed by atoms with E-state index in [1.165, 1.54) is 15.8 Å². The summed E-state index contributed by atoms with van der Waals surface area (Å²) in [5.74, 6) is 0.877. The second kappa shape index (κ2) is 2.38. The first-order chi connectivity index (χ1) is 4.86. The van der Waals surface area contributed by atoms with Crippen LogP contribution in [-0.4, -0.2) is 3.87 Å². The standard InChI is InChI=1S/C6H5NOS2/c9-7-8-5-3-1-2-4-6(5)10-7/h1-4,9H. The van der Waals surface area contributed by atoms with Crippen molar-refractivity contribution in [3.05, 3.63) is 24.3 Å². The van der Waals surface area contributed by atoms with Crippen molar-refractivity contribution in [3.63, 3.8) is 0 Å². The second-order valence-corrected chi connectivity index (χ2v) is 3.46. The predicted octanol–water partition coefficient (Wildman–Crippen LogP) is 2.15. The number of rotatable bonds is 0. The van der Waals surface area contributed by atoms with Crippen LogP contribution in [0, 0.1) is 0 Å². The first-order valence-corrected chi connectivity index (χ1v) is 3.97. The normalized spacial score (nSPS) is 16.5. The highest BCUT2D eigenvalue weighted by atomic mass is 32.2. The lowest BCUT2D eigenvalue weighted by atomic mass is 10.3. The molecule has 2 rings (SSSR count). The van der Waals surface area contributed by atoms with Gasteiger partial charge in [-0.25, -0.2) is 0 Å². The summed E-state index contributed by atoms with van der Waals surface area (Å²) in [4.78, 5) is 6.28. The van der Waals surface area contributed by atoms with Gasteiger partial charge in [0, 0.05) is 11.9 Å². The first-order valence-electron chi connectivity index (χ1n) is 2.80. The molecule has 2 nitrogen and oxygen atoms in total. The molecule has 0 unspecified atom stereocenters. The Labute approximate surface area is 68.8 Å². The molecule has 0 amide bonds. The SMILES string of the molecule is SN1Oc2ccccc2S1. The largest absolute Gasteiger partial charge is 0.383 e. The number of hydrogen-bond acceptors (Lipinski definition) is 4. The van der Waals surface area contributed by atoms with E-state index < -0.39 is 0 Å². The van der Waals surface area contributed by atoms with Crippen LogP contribution in [0.5, 0.6) is 5.75 Å². The van der Waals surface area contributed by atoms with Gasteiger partial charge in [-0.1, -0.05) is 12.1 Å². The summed E-state index contributed by atoms with van der Waals surface area (Å²) in [5, 5.41) is 0. The molecule has 0 aliphatic carbocycles. The molecule has 0 saturated heterocycles. The van der Waals surface area contributed by atoms with Crippen LogP contribution < -0.4 is 4.84 Å². The molecule has 1 aliphatic rings. The van der Waals surface area contributed by atoms with Gasteiger partial charge in [0.1, 0.15) is 0 Å². The maximum Gasteiger partial charge on any atom is 0.164 e. The lowest BCUT2D eigenvalue weighted by Gasteiger charge is -2.00. The van der Waals surface area contributed by atoms with Crippen LogP contribution in [0.2, 0.25) is 0 Å². The van der Waals surface area contributed by atoms with Crippen LogP contribution in [-0.2, 0) is 0 Å². The van der Waals surface area contributed by atoms with E-state index in [1.807, 2.05) is 24.3 Å². The lowest BCUT2D eigenvalue weighted by molar-refractivity contribution is 0.169. The monoisotopic (exact) mass is 171 g/mol. The van der Waals surface area contributed by atoms with E-state index in [1.54, 1.807) is 0 Å². The number of nitrogens with zero attached hydrogens (tertiary/aromatic N) is 1. The molecule has 10 heavy (non-hydrogen) atoms. The van der Waals surface area contributed by atoms with E-state index in [4.69, 9.17) is 4.84 Å². The van der Waals surface area contributed by atoms with Crippen LogP contribution in [0.3, 0.4) is 0 Å². The summed E-state index contributed by atoms with van der Waals surface area (Å²) in [6.07, 6.45) is 0. The minimum Gasteiger partial charge on any atom is -0.383 e. The minimum absolute atomic E-state index is 0.877. The van der Waals surface area contributed by atoms with Gasteiger partial charge >= 0.3 is 0 Å². The van der Waals surface area contributed by atoms with Gasteiger partial charge in [0.25, 0.3) is 0 Å². The van der Waals surface area contributed by atoms with Gasteiger partial charge in [-0.3, -0.25) is 0 Å². The van der Waals surface area contributed by atoms with E-state index in [0.717, 1.165) is 10.6 Å². The molecule has 1 aromatic rings. The molecule has 1 heterocycles. The molecule has 0 atom stereocenters. The topological polar surface area (TPSA) is 12.5 Å². The van der Waals surface area contributed by atoms with E-state index in [-0.39, 0.29) is 0 Å². The molecular weight excluding hydrogens is 166 g/mol. The molecule has 0 aromatic heterocycles. The van der Waals surface area contributed by atoms with Crippen LogP contribution in [0.25, 0.3) is 0 Å². The van der Waals surface area contributed by atoms with Gasteiger partial charge in [0.15, 0.2) is 5.75 Å². The summed E-state index contributed by atoms with van der Waals surface area (Å²) in [6.45, 7) is 0. The van der Waals surface area contributed by atoms with Crippen molar-refractivity contribution >= 4 is 24.8 Å². The van der Waals surface area contributed by atoms with Gasteiger partial charge in [-0.15, -0.1) is 0 Å². The molecule has 0 fully saturated rings. The Morgan fingerprint density at radius 2 is 2.20 bits per heavy atom. The molecule has 0 N–H and O–H groups in total. The van der Waals surface area contributed by atoms with E-state index >= 15 is 0 Å². The van der Waals surface area contributed by atoms with Crippen molar-refractivity contribution in [1.82, 2.24) is 3.87 Å². The molecule has 52 valence electrons. The van der Waals surface area contributed by atoms with Crippen molar-refractivity contribution in [2.24, 2.45) is 0 Å². The van der Waals surface area contributed by atoms with Crippen molar-refractivity contribution in [3.8, 4) is 5.75 Å².